The highest BCUT2D eigenvalue weighted by atomic mass is 16.2. The van der Waals surface area contributed by atoms with E-state index < -0.39 is 0 Å². The number of carbonyl (C=O) groups excluding carboxylic acids is 1. The Bertz CT molecular complexity index is 644. The minimum atomic E-state index is 0.200. The van der Waals surface area contributed by atoms with Gasteiger partial charge in [-0.25, -0.2) is 0 Å². The number of amides is 1. The lowest BCUT2D eigenvalue weighted by molar-refractivity contribution is 0.0733. The van der Waals surface area contributed by atoms with Crippen molar-refractivity contribution >= 4 is 16.7 Å². The predicted octanol–water partition coefficient (Wildman–Crippen LogP) is 4.88. The molecule has 1 fully saturated rings. The van der Waals surface area contributed by atoms with Crippen molar-refractivity contribution in [3.05, 3.63) is 48.0 Å². The first-order valence-corrected chi connectivity index (χ1v) is 8.53. The molecule has 1 aliphatic heterocycles. The quantitative estimate of drug-likeness (QED) is 0.734. The zero-order valence-electron chi connectivity index (χ0n) is 13.4. The zero-order valence-corrected chi connectivity index (χ0v) is 13.4. The predicted molar refractivity (Wildman–Crippen MR) is 92.1 cm³/mol. The molecule has 2 heteroatoms. The maximum Gasteiger partial charge on any atom is 0.254 e. The molecule has 0 aliphatic carbocycles. The molecule has 0 saturated carbocycles. The molecule has 0 aromatic heterocycles. The molecule has 2 aromatic rings. The van der Waals surface area contributed by atoms with Crippen LogP contribution in [0.1, 0.15) is 49.4 Å². The van der Waals surface area contributed by atoms with E-state index in [0.717, 1.165) is 35.8 Å². The highest BCUT2D eigenvalue weighted by Gasteiger charge is 2.20. The molecular formula is C20H25NO. The minimum Gasteiger partial charge on any atom is -0.338 e. The van der Waals surface area contributed by atoms with Gasteiger partial charge in [0, 0.05) is 18.7 Å². The summed E-state index contributed by atoms with van der Waals surface area (Å²) >= 11 is 0. The first kappa shape index (κ1) is 15.1. The largest absolute Gasteiger partial charge is 0.338 e. The van der Waals surface area contributed by atoms with Gasteiger partial charge >= 0.3 is 0 Å². The molecule has 116 valence electrons. The van der Waals surface area contributed by atoms with Crippen LogP contribution in [0.2, 0.25) is 0 Å². The van der Waals surface area contributed by atoms with Crippen LogP contribution in [0.3, 0.4) is 0 Å². The van der Waals surface area contributed by atoms with Crippen LogP contribution < -0.4 is 0 Å². The number of hydrogen-bond donors (Lipinski definition) is 0. The van der Waals surface area contributed by atoms with Crippen molar-refractivity contribution in [1.82, 2.24) is 4.90 Å². The SMILES string of the molecule is CC1CCCCCCN(C(=O)c2cccc3ccccc23)C1. The van der Waals surface area contributed by atoms with Gasteiger partial charge in [0.15, 0.2) is 0 Å². The van der Waals surface area contributed by atoms with Crippen LogP contribution in [-0.4, -0.2) is 23.9 Å². The van der Waals surface area contributed by atoms with E-state index in [4.69, 9.17) is 0 Å². The lowest BCUT2D eigenvalue weighted by atomic mass is 10.0. The van der Waals surface area contributed by atoms with Gasteiger partial charge in [0.1, 0.15) is 0 Å². The number of carbonyl (C=O) groups is 1. The van der Waals surface area contributed by atoms with Crippen molar-refractivity contribution in [1.29, 1.82) is 0 Å². The Morgan fingerprint density at radius 1 is 1.00 bits per heavy atom. The Kier molecular flexibility index (Phi) is 4.77. The van der Waals surface area contributed by atoms with Gasteiger partial charge in [-0.2, -0.15) is 0 Å². The second-order valence-electron chi connectivity index (χ2n) is 6.59. The van der Waals surface area contributed by atoms with E-state index in [0.29, 0.717) is 5.92 Å². The van der Waals surface area contributed by atoms with E-state index in [1.807, 2.05) is 24.3 Å². The third kappa shape index (κ3) is 3.32. The Balaban J connectivity index is 1.89. The van der Waals surface area contributed by atoms with Crippen molar-refractivity contribution < 1.29 is 4.79 Å². The summed E-state index contributed by atoms with van der Waals surface area (Å²) in [5, 5.41) is 2.22. The van der Waals surface area contributed by atoms with Gasteiger partial charge in [-0.3, -0.25) is 4.79 Å². The van der Waals surface area contributed by atoms with E-state index in [9.17, 15) is 4.79 Å². The fourth-order valence-electron chi connectivity index (χ4n) is 3.47. The smallest absolute Gasteiger partial charge is 0.254 e. The molecule has 2 nitrogen and oxygen atoms in total. The fourth-order valence-corrected chi connectivity index (χ4v) is 3.47. The highest BCUT2D eigenvalue weighted by molar-refractivity contribution is 6.07. The average molecular weight is 295 g/mol. The Morgan fingerprint density at radius 2 is 1.77 bits per heavy atom. The standard InChI is InChI=1S/C20H25NO/c1-16-9-4-2-3-7-14-21(15-16)20(22)19-13-8-11-17-10-5-6-12-18(17)19/h5-6,8,10-13,16H,2-4,7,9,14-15H2,1H3. The van der Waals surface area contributed by atoms with Crippen molar-refractivity contribution in [2.24, 2.45) is 5.92 Å². The molecule has 1 heterocycles. The van der Waals surface area contributed by atoms with Crippen LogP contribution in [0.15, 0.2) is 42.5 Å². The first-order chi connectivity index (χ1) is 10.8. The molecule has 1 saturated heterocycles. The lowest BCUT2D eigenvalue weighted by Crippen LogP contribution is -2.35. The Morgan fingerprint density at radius 3 is 2.68 bits per heavy atom. The van der Waals surface area contributed by atoms with Crippen molar-refractivity contribution in [3.8, 4) is 0 Å². The number of nitrogens with zero attached hydrogens (tertiary/aromatic N) is 1. The molecule has 3 rings (SSSR count). The molecule has 0 radical (unpaired) electrons. The van der Waals surface area contributed by atoms with E-state index >= 15 is 0 Å². The summed E-state index contributed by atoms with van der Waals surface area (Å²) in [6, 6.07) is 14.2. The maximum absolute atomic E-state index is 13.1. The molecule has 1 aliphatic rings. The highest BCUT2D eigenvalue weighted by Crippen LogP contribution is 2.22. The molecular weight excluding hydrogens is 270 g/mol. The summed E-state index contributed by atoms with van der Waals surface area (Å²) in [7, 11) is 0. The average Bonchev–Trinajstić information content (AvgIpc) is 2.65. The van der Waals surface area contributed by atoms with Gasteiger partial charge in [0.05, 0.1) is 0 Å². The van der Waals surface area contributed by atoms with Gasteiger partial charge in [-0.15, -0.1) is 0 Å². The monoisotopic (exact) mass is 295 g/mol. The van der Waals surface area contributed by atoms with E-state index in [-0.39, 0.29) is 5.91 Å². The van der Waals surface area contributed by atoms with Crippen LogP contribution in [0.25, 0.3) is 10.8 Å². The summed E-state index contributed by atoms with van der Waals surface area (Å²) < 4.78 is 0. The van der Waals surface area contributed by atoms with E-state index in [2.05, 4.69) is 30.0 Å². The van der Waals surface area contributed by atoms with Crippen molar-refractivity contribution in [3.63, 3.8) is 0 Å². The molecule has 0 bridgehead atoms. The maximum atomic E-state index is 13.1. The van der Waals surface area contributed by atoms with Crippen LogP contribution in [0, 0.1) is 5.92 Å². The molecule has 0 spiro atoms. The van der Waals surface area contributed by atoms with Crippen molar-refractivity contribution in [2.45, 2.75) is 39.0 Å². The first-order valence-electron chi connectivity index (χ1n) is 8.53. The van der Waals surface area contributed by atoms with Crippen LogP contribution in [0.4, 0.5) is 0 Å². The molecule has 1 atom stereocenters. The molecule has 0 N–H and O–H groups in total. The Hall–Kier alpha value is -1.83. The summed E-state index contributed by atoms with van der Waals surface area (Å²) in [6.07, 6.45) is 6.21. The summed E-state index contributed by atoms with van der Waals surface area (Å²) in [5.41, 5.74) is 0.851. The fraction of sp³-hybridized carbons (Fsp3) is 0.450. The summed E-state index contributed by atoms with van der Waals surface area (Å²) in [6.45, 7) is 4.06. The third-order valence-corrected chi connectivity index (χ3v) is 4.71. The second kappa shape index (κ2) is 6.95. The minimum absolute atomic E-state index is 0.200. The molecule has 22 heavy (non-hydrogen) atoms. The van der Waals surface area contributed by atoms with E-state index in [1.165, 1.54) is 25.7 Å². The van der Waals surface area contributed by atoms with E-state index in [1.54, 1.807) is 0 Å². The van der Waals surface area contributed by atoms with Crippen LogP contribution >= 0.6 is 0 Å². The number of hydrogen-bond acceptors (Lipinski definition) is 1. The normalized spacial score (nSPS) is 20.2. The summed E-state index contributed by atoms with van der Waals surface area (Å²) in [4.78, 5) is 15.1. The van der Waals surface area contributed by atoms with Gasteiger partial charge in [0.25, 0.3) is 5.91 Å². The van der Waals surface area contributed by atoms with Gasteiger partial charge in [0.2, 0.25) is 0 Å². The Labute approximate surface area is 133 Å². The van der Waals surface area contributed by atoms with Crippen LogP contribution in [0.5, 0.6) is 0 Å². The second-order valence-corrected chi connectivity index (χ2v) is 6.59. The van der Waals surface area contributed by atoms with Gasteiger partial charge in [-0.1, -0.05) is 62.6 Å². The molecule has 1 unspecified atom stereocenters. The summed E-state index contributed by atoms with van der Waals surface area (Å²) in [5.74, 6) is 0.794. The number of rotatable bonds is 1. The molecule has 2 aromatic carbocycles. The number of fused-ring (bicyclic) bond motifs is 1. The van der Waals surface area contributed by atoms with Crippen LogP contribution in [-0.2, 0) is 0 Å². The zero-order chi connectivity index (χ0) is 15.4. The number of benzene rings is 2. The molecule has 1 amide bonds. The van der Waals surface area contributed by atoms with Gasteiger partial charge in [-0.05, 0) is 35.6 Å². The third-order valence-electron chi connectivity index (χ3n) is 4.71. The van der Waals surface area contributed by atoms with Crippen molar-refractivity contribution in [2.75, 3.05) is 13.1 Å². The topological polar surface area (TPSA) is 20.3 Å². The lowest BCUT2D eigenvalue weighted by Gasteiger charge is -2.25. The van der Waals surface area contributed by atoms with Gasteiger partial charge < -0.3 is 4.90 Å².